The molecule has 0 aliphatic rings. The molecule has 0 fully saturated rings. The van der Waals surface area contributed by atoms with E-state index >= 15 is 0 Å². The maximum Gasteiger partial charge on any atom is 0.220 e. The first kappa shape index (κ1) is 12.7. The van der Waals surface area contributed by atoms with Gasteiger partial charge in [0.2, 0.25) is 5.91 Å². The summed E-state index contributed by atoms with van der Waals surface area (Å²) in [6, 6.07) is 0. The fraction of sp³-hybridized carbons (Fsp3) is 0.636. The number of nitrogens with two attached hydrogens (primary N) is 1. The van der Waals surface area contributed by atoms with E-state index in [-0.39, 0.29) is 11.4 Å². The van der Waals surface area contributed by atoms with Crippen molar-refractivity contribution in [2.24, 2.45) is 12.8 Å². The average molecular weight is 224 g/mol. The third-order valence-electron chi connectivity index (χ3n) is 2.24. The predicted molar refractivity (Wildman–Crippen MR) is 62.6 cm³/mol. The van der Waals surface area contributed by atoms with Gasteiger partial charge in [-0.25, -0.2) is 0 Å². The zero-order valence-electron chi connectivity index (χ0n) is 10.2. The summed E-state index contributed by atoms with van der Waals surface area (Å²) in [5.41, 5.74) is 6.52. The van der Waals surface area contributed by atoms with Gasteiger partial charge in [-0.3, -0.25) is 9.48 Å². The molecule has 0 saturated carbocycles. The van der Waals surface area contributed by atoms with E-state index in [9.17, 15) is 4.79 Å². The van der Waals surface area contributed by atoms with Crippen molar-refractivity contribution >= 4 is 5.91 Å². The van der Waals surface area contributed by atoms with Gasteiger partial charge in [-0.2, -0.15) is 5.10 Å². The minimum Gasteiger partial charge on any atom is -0.352 e. The normalized spacial score (nSPS) is 11.5. The van der Waals surface area contributed by atoms with Gasteiger partial charge in [0.15, 0.2) is 0 Å². The smallest absolute Gasteiger partial charge is 0.220 e. The number of aromatic nitrogens is 2. The Bertz CT molecular complexity index is 351. The third kappa shape index (κ3) is 4.93. The molecule has 90 valence electrons. The number of hydrogen-bond acceptors (Lipinski definition) is 3. The van der Waals surface area contributed by atoms with Crippen LogP contribution in [0.3, 0.4) is 0 Å². The summed E-state index contributed by atoms with van der Waals surface area (Å²) in [5.74, 6) is 0.0300. The molecule has 1 heterocycles. The van der Waals surface area contributed by atoms with Gasteiger partial charge in [-0.05, 0) is 20.3 Å². The van der Waals surface area contributed by atoms with Gasteiger partial charge >= 0.3 is 0 Å². The Labute approximate surface area is 96.0 Å². The van der Waals surface area contributed by atoms with Gasteiger partial charge in [0.1, 0.15) is 0 Å². The van der Waals surface area contributed by atoms with Crippen LogP contribution in [-0.4, -0.2) is 21.2 Å². The molecule has 5 heteroatoms. The molecular formula is C11H20N4O. The van der Waals surface area contributed by atoms with Crippen LogP contribution in [0.4, 0.5) is 0 Å². The van der Waals surface area contributed by atoms with Gasteiger partial charge < -0.3 is 11.1 Å². The van der Waals surface area contributed by atoms with Crippen LogP contribution < -0.4 is 11.1 Å². The van der Waals surface area contributed by atoms with E-state index in [4.69, 9.17) is 5.73 Å². The third-order valence-corrected chi connectivity index (χ3v) is 2.24. The molecule has 16 heavy (non-hydrogen) atoms. The minimum atomic E-state index is -0.286. The number of rotatable bonds is 5. The number of nitrogens with zero attached hydrogens (tertiary/aromatic N) is 2. The lowest BCUT2D eigenvalue weighted by Gasteiger charge is -2.17. The van der Waals surface area contributed by atoms with Crippen molar-refractivity contribution in [3.63, 3.8) is 0 Å². The first-order chi connectivity index (χ1) is 7.37. The van der Waals surface area contributed by atoms with Crippen LogP contribution in [0.15, 0.2) is 12.4 Å². The van der Waals surface area contributed by atoms with Crippen molar-refractivity contribution in [2.75, 3.05) is 0 Å². The van der Waals surface area contributed by atoms with Gasteiger partial charge in [0.25, 0.3) is 0 Å². The molecule has 0 atom stereocenters. The van der Waals surface area contributed by atoms with Crippen LogP contribution in [0.25, 0.3) is 0 Å². The van der Waals surface area contributed by atoms with Crippen molar-refractivity contribution in [2.45, 2.75) is 38.8 Å². The highest BCUT2D eigenvalue weighted by atomic mass is 16.1. The first-order valence-electron chi connectivity index (χ1n) is 5.40. The number of aryl methyl sites for hydroxylation is 1. The molecule has 0 aliphatic carbocycles. The average Bonchev–Trinajstić information content (AvgIpc) is 2.57. The zero-order chi connectivity index (χ0) is 12.2. The van der Waals surface area contributed by atoms with E-state index in [0.29, 0.717) is 19.4 Å². The van der Waals surface area contributed by atoms with Crippen molar-refractivity contribution in [1.82, 2.24) is 15.1 Å². The van der Waals surface area contributed by atoms with Crippen molar-refractivity contribution < 1.29 is 4.79 Å². The van der Waals surface area contributed by atoms with Crippen molar-refractivity contribution in [3.8, 4) is 0 Å². The Morgan fingerprint density at radius 3 is 2.81 bits per heavy atom. The molecule has 1 rings (SSSR count). The Hall–Kier alpha value is -1.36. The second-order valence-corrected chi connectivity index (χ2v) is 4.79. The molecule has 1 aromatic heterocycles. The zero-order valence-corrected chi connectivity index (χ0v) is 10.2. The van der Waals surface area contributed by atoms with Crippen LogP contribution in [-0.2, 0) is 18.4 Å². The number of nitrogens with one attached hydrogen (secondary N) is 1. The van der Waals surface area contributed by atoms with E-state index in [1.165, 1.54) is 0 Å². The summed E-state index contributed by atoms with van der Waals surface area (Å²) in [4.78, 5) is 11.5. The number of carbonyl (C=O) groups excluding carboxylic acids is 1. The lowest BCUT2D eigenvalue weighted by atomic mass is 10.00. The SMILES string of the molecule is Cn1cc(CNC(=O)CCC(C)(C)N)cn1. The Morgan fingerprint density at radius 1 is 1.62 bits per heavy atom. The largest absolute Gasteiger partial charge is 0.352 e. The van der Waals surface area contributed by atoms with Crippen molar-refractivity contribution in [1.29, 1.82) is 0 Å². The van der Waals surface area contributed by atoms with Crippen LogP contribution in [0.1, 0.15) is 32.3 Å². The van der Waals surface area contributed by atoms with Crippen LogP contribution >= 0.6 is 0 Å². The molecule has 0 saturated heterocycles. The minimum absolute atomic E-state index is 0.0300. The van der Waals surface area contributed by atoms with E-state index in [1.807, 2.05) is 27.1 Å². The van der Waals surface area contributed by atoms with E-state index < -0.39 is 0 Å². The molecule has 5 nitrogen and oxygen atoms in total. The van der Waals surface area contributed by atoms with Crippen LogP contribution in [0, 0.1) is 0 Å². The summed E-state index contributed by atoms with van der Waals surface area (Å²) >= 11 is 0. The number of hydrogen-bond donors (Lipinski definition) is 2. The molecule has 1 amide bonds. The summed E-state index contributed by atoms with van der Waals surface area (Å²) in [5, 5.41) is 6.86. The summed E-state index contributed by atoms with van der Waals surface area (Å²) in [6.07, 6.45) is 4.77. The van der Waals surface area contributed by atoms with Gasteiger partial charge in [-0.15, -0.1) is 0 Å². The predicted octanol–water partition coefficient (Wildman–Crippen LogP) is 0.554. The topological polar surface area (TPSA) is 72.9 Å². The Kier molecular flexibility index (Phi) is 4.06. The molecule has 1 aromatic rings. The molecule has 0 aromatic carbocycles. The molecule has 0 unspecified atom stereocenters. The van der Waals surface area contributed by atoms with E-state index in [0.717, 1.165) is 5.56 Å². The number of amides is 1. The molecule has 0 bridgehead atoms. The number of carbonyl (C=O) groups is 1. The van der Waals surface area contributed by atoms with Gasteiger partial charge in [0, 0.05) is 37.3 Å². The maximum absolute atomic E-state index is 11.5. The molecule has 3 N–H and O–H groups in total. The van der Waals surface area contributed by atoms with Crippen molar-refractivity contribution in [3.05, 3.63) is 18.0 Å². The standard InChI is InChI=1S/C11H20N4O/c1-11(2,12)5-4-10(16)13-6-9-7-14-15(3)8-9/h7-8H,4-6,12H2,1-3H3,(H,13,16). The second kappa shape index (κ2) is 5.12. The first-order valence-corrected chi connectivity index (χ1v) is 5.40. The fourth-order valence-electron chi connectivity index (χ4n) is 1.29. The quantitative estimate of drug-likeness (QED) is 0.767. The Balaban J connectivity index is 2.25. The van der Waals surface area contributed by atoms with E-state index in [2.05, 4.69) is 10.4 Å². The molecule has 0 aliphatic heterocycles. The monoisotopic (exact) mass is 224 g/mol. The highest BCUT2D eigenvalue weighted by Crippen LogP contribution is 2.06. The highest BCUT2D eigenvalue weighted by Gasteiger charge is 2.12. The van der Waals surface area contributed by atoms with E-state index in [1.54, 1.807) is 10.9 Å². The fourth-order valence-corrected chi connectivity index (χ4v) is 1.29. The summed E-state index contributed by atoms with van der Waals surface area (Å²) < 4.78 is 1.71. The van der Waals surface area contributed by atoms with Crippen LogP contribution in [0.5, 0.6) is 0 Å². The lowest BCUT2D eigenvalue weighted by Crippen LogP contribution is -2.34. The summed E-state index contributed by atoms with van der Waals surface area (Å²) in [7, 11) is 1.85. The Morgan fingerprint density at radius 2 is 2.31 bits per heavy atom. The lowest BCUT2D eigenvalue weighted by molar-refractivity contribution is -0.121. The molecule has 0 radical (unpaired) electrons. The van der Waals surface area contributed by atoms with Gasteiger partial charge in [-0.1, -0.05) is 0 Å². The summed E-state index contributed by atoms with van der Waals surface area (Å²) in [6.45, 7) is 4.36. The van der Waals surface area contributed by atoms with Gasteiger partial charge in [0.05, 0.1) is 6.20 Å². The highest BCUT2D eigenvalue weighted by molar-refractivity contribution is 5.75. The second-order valence-electron chi connectivity index (χ2n) is 4.79. The maximum atomic E-state index is 11.5. The van der Waals surface area contributed by atoms with Crippen LogP contribution in [0.2, 0.25) is 0 Å². The molecular weight excluding hydrogens is 204 g/mol. The molecule has 0 spiro atoms.